The van der Waals surface area contributed by atoms with Gasteiger partial charge in [-0.3, -0.25) is 10.3 Å². The van der Waals surface area contributed by atoms with Crippen LogP contribution in [0.25, 0.3) is 0 Å². The van der Waals surface area contributed by atoms with Gasteiger partial charge in [0.1, 0.15) is 23.6 Å². The van der Waals surface area contributed by atoms with Crippen LogP contribution in [0.15, 0.2) is 29.5 Å². The van der Waals surface area contributed by atoms with Crippen molar-refractivity contribution in [3.8, 4) is 0 Å². The summed E-state index contributed by atoms with van der Waals surface area (Å²) in [5, 5.41) is 14.2. The van der Waals surface area contributed by atoms with Crippen molar-refractivity contribution in [2.75, 3.05) is 6.67 Å². The maximum Gasteiger partial charge on any atom is 0.182 e. The van der Waals surface area contributed by atoms with Crippen molar-refractivity contribution in [1.82, 2.24) is 15.3 Å². The van der Waals surface area contributed by atoms with Gasteiger partial charge in [0.15, 0.2) is 11.0 Å². The molecule has 2 aromatic rings. The molecule has 0 spiro atoms. The second kappa shape index (κ2) is 8.55. The van der Waals surface area contributed by atoms with Crippen molar-refractivity contribution in [2.24, 2.45) is 4.99 Å². The van der Waals surface area contributed by atoms with Crippen LogP contribution in [0.2, 0.25) is 5.15 Å². The number of hydrogen-bond donors (Lipinski definition) is 2. The minimum absolute atomic E-state index is 0.0582. The summed E-state index contributed by atoms with van der Waals surface area (Å²) in [6.07, 6.45) is 4.10. The molecule has 150 valence electrons. The molecule has 9 heteroatoms. The Morgan fingerprint density at radius 1 is 1.32 bits per heavy atom. The van der Waals surface area contributed by atoms with Crippen LogP contribution in [-0.4, -0.2) is 34.0 Å². The van der Waals surface area contributed by atoms with E-state index in [1.165, 1.54) is 13.0 Å². The molecule has 1 aliphatic heterocycles. The largest absolute Gasteiger partial charge is 0.384 e. The Labute approximate surface area is 165 Å². The lowest BCUT2D eigenvalue weighted by molar-refractivity contribution is -0.00432. The third kappa shape index (κ3) is 4.19. The number of nitrogens with zero attached hydrogens (tertiary/aromatic N) is 3. The van der Waals surface area contributed by atoms with E-state index in [1.807, 2.05) is 0 Å². The molecule has 0 radical (unpaired) electrons. The van der Waals surface area contributed by atoms with E-state index < -0.39 is 29.0 Å². The fourth-order valence-corrected chi connectivity index (χ4v) is 3.62. The van der Waals surface area contributed by atoms with E-state index in [4.69, 9.17) is 11.6 Å². The summed E-state index contributed by atoms with van der Waals surface area (Å²) in [6, 6.07) is 2.99. The van der Waals surface area contributed by atoms with Gasteiger partial charge in [-0.1, -0.05) is 24.6 Å². The Bertz CT molecular complexity index is 882. The molecule has 0 saturated carbocycles. The zero-order chi connectivity index (χ0) is 20.3. The highest BCUT2D eigenvalue weighted by atomic mass is 35.5. The average Bonchev–Trinajstić information content (AvgIpc) is 3.16. The maximum absolute atomic E-state index is 14.5. The highest BCUT2D eigenvalue weighted by Crippen LogP contribution is 2.42. The number of aliphatic hydroxyl groups is 1. The van der Waals surface area contributed by atoms with Gasteiger partial charge in [0, 0.05) is 29.8 Å². The highest BCUT2D eigenvalue weighted by molar-refractivity contribution is 6.29. The van der Waals surface area contributed by atoms with E-state index in [1.54, 1.807) is 6.21 Å². The molecule has 0 amide bonds. The smallest absolute Gasteiger partial charge is 0.182 e. The van der Waals surface area contributed by atoms with Gasteiger partial charge < -0.3 is 5.11 Å². The number of benzene rings is 1. The molecule has 0 bridgehead atoms. The van der Waals surface area contributed by atoms with E-state index in [0.717, 1.165) is 12.4 Å². The summed E-state index contributed by atoms with van der Waals surface area (Å²) in [5.41, 5.74) is -2.08. The number of nitrogens with one attached hydrogen (secondary N) is 1. The molecule has 0 aliphatic carbocycles. The normalized spacial score (nSPS) is 19.6. The predicted molar refractivity (Wildman–Crippen MR) is 99.8 cm³/mol. The first-order chi connectivity index (χ1) is 13.3. The van der Waals surface area contributed by atoms with E-state index in [-0.39, 0.29) is 28.9 Å². The minimum atomic E-state index is -1.83. The first kappa shape index (κ1) is 20.7. The molecular weight excluding hydrogens is 393 g/mol. The third-order valence-electron chi connectivity index (χ3n) is 5.10. The van der Waals surface area contributed by atoms with Gasteiger partial charge in [0.2, 0.25) is 0 Å². The summed E-state index contributed by atoms with van der Waals surface area (Å²) in [4.78, 5) is 11.6. The number of aromatic nitrogens is 2. The summed E-state index contributed by atoms with van der Waals surface area (Å²) in [5.74, 6) is -3.50. The van der Waals surface area contributed by atoms with Crippen LogP contribution in [0.1, 0.15) is 43.4 Å². The monoisotopic (exact) mass is 412 g/mol. The molecule has 2 heterocycles. The van der Waals surface area contributed by atoms with Gasteiger partial charge in [0.25, 0.3) is 0 Å². The van der Waals surface area contributed by atoms with E-state index >= 15 is 0 Å². The van der Waals surface area contributed by atoms with Crippen molar-refractivity contribution >= 4 is 17.8 Å². The molecule has 2 N–H and O–H groups in total. The molecule has 3 atom stereocenters. The maximum atomic E-state index is 14.5. The standard InChI is InChI=1S/C19H20ClF3N4O/c1-11(17-16(23)18(20)27-10-26-17)19(28,6-2-3-13-8-24-9-25-13)14-5-4-12(21)7-15(14)22/h4-5,7-8,10-11,13,25,28H,2-3,6,9H2,1H3. The second-order valence-electron chi connectivity index (χ2n) is 6.83. The molecule has 0 fully saturated rings. The van der Waals surface area contributed by atoms with Crippen LogP contribution in [0.3, 0.4) is 0 Å². The van der Waals surface area contributed by atoms with Crippen LogP contribution >= 0.6 is 11.6 Å². The Morgan fingerprint density at radius 2 is 2.11 bits per heavy atom. The first-order valence-corrected chi connectivity index (χ1v) is 9.28. The molecule has 1 aromatic heterocycles. The Kier molecular flexibility index (Phi) is 6.32. The number of halogens is 4. The third-order valence-corrected chi connectivity index (χ3v) is 5.36. The quantitative estimate of drug-likeness (QED) is 0.680. The van der Waals surface area contributed by atoms with Crippen LogP contribution in [-0.2, 0) is 5.60 Å². The first-order valence-electron chi connectivity index (χ1n) is 8.90. The van der Waals surface area contributed by atoms with E-state index in [9.17, 15) is 18.3 Å². The lowest BCUT2D eigenvalue weighted by Gasteiger charge is -2.35. The zero-order valence-corrected chi connectivity index (χ0v) is 15.9. The van der Waals surface area contributed by atoms with Crippen LogP contribution in [0.5, 0.6) is 0 Å². The fourth-order valence-electron chi connectivity index (χ4n) is 3.48. The highest BCUT2D eigenvalue weighted by Gasteiger charge is 2.41. The second-order valence-corrected chi connectivity index (χ2v) is 7.18. The van der Waals surface area contributed by atoms with Crippen LogP contribution in [0.4, 0.5) is 13.2 Å². The van der Waals surface area contributed by atoms with Gasteiger partial charge in [-0.15, -0.1) is 0 Å². The SMILES string of the molecule is CC(c1ncnc(Cl)c1F)C(O)(CCCC1C=NCN1)c1ccc(F)cc1F. The number of aliphatic imine (C=N–C) groups is 1. The molecule has 28 heavy (non-hydrogen) atoms. The van der Waals surface area contributed by atoms with Gasteiger partial charge >= 0.3 is 0 Å². The Morgan fingerprint density at radius 3 is 2.79 bits per heavy atom. The predicted octanol–water partition coefficient (Wildman–Crippen LogP) is 3.71. The van der Waals surface area contributed by atoms with Gasteiger partial charge in [-0.05, 0) is 25.3 Å². The summed E-state index contributed by atoms with van der Waals surface area (Å²) in [6.45, 7) is 2.06. The Balaban J connectivity index is 1.94. The minimum Gasteiger partial charge on any atom is -0.384 e. The Hall–Kier alpha value is -2.03. The summed E-state index contributed by atoms with van der Waals surface area (Å²) in [7, 11) is 0. The van der Waals surface area contributed by atoms with Crippen LogP contribution < -0.4 is 5.32 Å². The molecular formula is C19H20ClF3N4O. The number of hydrogen-bond acceptors (Lipinski definition) is 5. The van der Waals surface area contributed by atoms with Crippen molar-refractivity contribution in [3.63, 3.8) is 0 Å². The summed E-state index contributed by atoms with van der Waals surface area (Å²) < 4.78 is 42.4. The lowest BCUT2D eigenvalue weighted by Crippen LogP contribution is -2.35. The lowest BCUT2D eigenvalue weighted by atomic mass is 9.76. The van der Waals surface area contributed by atoms with Crippen molar-refractivity contribution in [3.05, 3.63) is 58.4 Å². The van der Waals surface area contributed by atoms with Crippen molar-refractivity contribution in [1.29, 1.82) is 0 Å². The van der Waals surface area contributed by atoms with Gasteiger partial charge in [-0.25, -0.2) is 23.1 Å². The van der Waals surface area contributed by atoms with Crippen LogP contribution in [0, 0.1) is 17.5 Å². The average molecular weight is 413 g/mol. The molecule has 3 rings (SSSR count). The van der Waals surface area contributed by atoms with Gasteiger partial charge in [-0.2, -0.15) is 0 Å². The molecule has 5 nitrogen and oxygen atoms in total. The molecule has 1 aliphatic rings. The fraction of sp³-hybridized carbons (Fsp3) is 0.421. The summed E-state index contributed by atoms with van der Waals surface area (Å²) >= 11 is 5.74. The topological polar surface area (TPSA) is 70.4 Å². The van der Waals surface area contributed by atoms with Crippen molar-refractivity contribution in [2.45, 2.75) is 43.7 Å². The zero-order valence-electron chi connectivity index (χ0n) is 15.2. The molecule has 0 saturated heterocycles. The number of rotatable bonds is 7. The van der Waals surface area contributed by atoms with Crippen molar-refractivity contribution < 1.29 is 18.3 Å². The molecule has 1 aromatic carbocycles. The van der Waals surface area contributed by atoms with Gasteiger partial charge in [0.05, 0.1) is 12.4 Å². The van der Waals surface area contributed by atoms with E-state index in [0.29, 0.717) is 25.6 Å². The van der Waals surface area contributed by atoms with E-state index in [2.05, 4.69) is 20.3 Å². The molecule has 3 unspecified atom stereocenters.